The third kappa shape index (κ3) is 2.78. The topological polar surface area (TPSA) is 24.9 Å². The van der Waals surface area contributed by atoms with Gasteiger partial charge in [0.2, 0.25) is 0 Å². The average molecular weight is 204 g/mol. The molecule has 1 N–H and O–H groups in total. The van der Waals surface area contributed by atoms with Crippen LogP contribution in [0.5, 0.6) is 0 Å². The molecule has 0 amide bonds. The predicted molar refractivity (Wildman–Crippen MR) is 62.6 cm³/mol. The number of hydrogen-bond acceptors (Lipinski definition) is 2. The molecule has 0 aromatic carbocycles. The smallest absolute Gasteiger partial charge is 0.0321 e. The van der Waals surface area contributed by atoms with Crippen LogP contribution in [0.15, 0.2) is 24.5 Å². The van der Waals surface area contributed by atoms with Gasteiger partial charge >= 0.3 is 0 Å². The van der Waals surface area contributed by atoms with Crippen LogP contribution in [0.4, 0.5) is 0 Å². The summed E-state index contributed by atoms with van der Waals surface area (Å²) in [6.07, 6.45) is 7.57. The first-order valence-corrected chi connectivity index (χ1v) is 5.81. The maximum atomic E-state index is 4.06. The lowest BCUT2D eigenvalue weighted by molar-refractivity contribution is 0.320. The molecule has 1 fully saturated rings. The van der Waals surface area contributed by atoms with Crippen molar-refractivity contribution in [1.82, 2.24) is 10.3 Å². The quantitative estimate of drug-likeness (QED) is 0.760. The third-order valence-corrected chi connectivity index (χ3v) is 3.41. The van der Waals surface area contributed by atoms with Crippen LogP contribution >= 0.6 is 0 Å². The molecule has 15 heavy (non-hydrogen) atoms. The molecule has 82 valence electrons. The number of nitrogens with one attached hydrogen (secondary N) is 1. The Bertz CT molecular complexity index is 306. The second kappa shape index (κ2) is 4.31. The van der Waals surface area contributed by atoms with Crippen LogP contribution in [0.3, 0.4) is 0 Å². The Morgan fingerprint density at radius 3 is 2.73 bits per heavy atom. The molecule has 1 aromatic rings. The fourth-order valence-corrected chi connectivity index (χ4v) is 2.23. The van der Waals surface area contributed by atoms with Crippen LogP contribution < -0.4 is 5.32 Å². The van der Waals surface area contributed by atoms with Crippen molar-refractivity contribution in [1.29, 1.82) is 0 Å². The molecule has 1 aliphatic rings. The van der Waals surface area contributed by atoms with Crippen molar-refractivity contribution >= 4 is 0 Å². The van der Waals surface area contributed by atoms with E-state index in [0.29, 0.717) is 11.5 Å². The molecule has 1 unspecified atom stereocenters. The van der Waals surface area contributed by atoms with Crippen LogP contribution in [0.25, 0.3) is 0 Å². The monoisotopic (exact) mass is 204 g/mol. The standard InChI is InChI=1S/C13H20N2/c1-13(2)6-3-12(15-10-7-13)11-4-8-14-9-5-11/h4-5,8-9,12,15H,3,6-7,10H2,1-2H3. The van der Waals surface area contributed by atoms with Gasteiger partial charge in [-0.15, -0.1) is 0 Å². The van der Waals surface area contributed by atoms with Crippen molar-refractivity contribution in [3.8, 4) is 0 Å². The molecule has 2 rings (SSSR count). The Morgan fingerprint density at radius 2 is 2.00 bits per heavy atom. The van der Waals surface area contributed by atoms with Gasteiger partial charge in [-0.25, -0.2) is 0 Å². The summed E-state index contributed by atoms with van der Waals surface area (Å²) in [7, 11) is 0. The minimum atomic E-state index is 0.495. The maximum Gasteiger partial charge on any atom is 0.0321 e. The largest absolute Gasteiger partial charge is 0.310 e. The van der Waals surface area contributed by atoms with Gasteiger partial charge in [0.15, 0.2) is 0 Å². The van der Waals surface area contributed by atoms with Crippen molar-refractivity contribution in [3.05, 3.63) is 30.1 Å². The van der Waals surface area contributed by atoms with Crippen molar-refractivity contribution in [2.45, 2.75) is 39.2 Å². The molecule has 2 heteroatoms. The van der Waals surface area contributed by atoms with Crippen LogP contribution in [0.1, 0.15) is 44.7 Å². The summed E-state index contributed by atoms with van der Waals surface area (Å²) >= 11 is 0. The van der Waals surface area contributed by atoms with E-state index in [2.05, 4.69) is 36.3 Å². The second-order valence-corrected chi connectivity index (χ2v) is 5.24. The first-order valence-electron chi connectivity index (χ1n) is 5.81. The van der Waals surface area contributed by atoms with Crippen molar-refractivity contribution in [3.63, 3.8) is 0 Å². The summed E-state index contributed by atoms with van der Waals surface area (Å²) in [5, 5.41) is 3.63. The molecule has 1 saturated heterocycles. The SMILES string of the molecule is CC1(C)CCNC(c2ccncc2)CC1. The number of aromatic nitrogens is 1. The molecule has 1 atom stereocenters. The van der Waals surface area contributed by atoms with Gasteiger partial charge < -0.3 is 5.32 Å². The zero-order valence-corrected chi connectivity index (χ0v) is 9.66. The fraction of sp³-hybridized carbons (Fsp3) is 0.615. The first kappa shape index (κ1) is 10.6. The van der Waals surface area contributed by atoms with Crippen LogP contribution in [-0.4, -0.2) is 11.5 Å². The van der Waals surface area contributed by atoms with E-state index in [1.807, 2.05) is 12.4 Å². The van der Waals surface area contributed by atoms with E-state index < -0.39 is 0 Å². The highest BCUT2D eigenvalue weighted by Gasteiger charge is 2.24. The van der Waals surface area contributed by atoms with E-state index in [4.69, 9.17) is 0 Å². The summed E-state index contributed by atoms with van der Waals surface area (Å²) in [6, 6.07) is 4.76. The molecule has 0 radical (unpaired) electrons. The van der Waals surface area contributed by atoms with Crippen molar-refractivity contribution < 1.29 is 0 Å². The van der Waals surface area contributed by atoms with Gasteiger partial charge in [-0.05, 0) is 48.9 Å². The van der Waals surface area contributed by atoms with Gasteiger partial charge in [-0.3, -0.25) is 4.98 Å². The van der Waals surface area contributed by atoms with Crippen molar-refractivity contribution in [2.24, 2.45) is 5.41 Å². The molecule has 2 heterocycles. The van der Waals surface area contributed by atoms with E-state index in [0.717, 1.165) is 6.54 Å². The Balaban J connectivity index is 2.06. The molecule has 0 spiro atoms. The molecule has 1 aliphatic heterocycles. The normalized spacial score (nSPS) is 25.9. The maximum absolute atomic E-state index is 4.06. The van der Waals surface area contributed by atoms with Gasteiger partial charge in [0.05, 0.1) is 0 Å². The summed E-state index contributed by atoms with van der Waals surface area (Å²) in [4.78, 5) is 4.06. The fourth-order valence-electron chi connectivity index (χ4n) is 2.23. The van der Waals surface area contributed by atoms with E-state index in [1.165, 1.54) is 24.8 Å². The van der Waals surface area contributed by atoms with E-state index in [1.54, 1.807) is 0 Å². The summed E-state index contributed by atoms with van der Waals surface area (Å²) < 4.78 is 0. The Labute approximate surface area is 92.1 Å². The highest BCUT2D eigenvalue weighted by atomic mass is 14.9. The average Bonchev–Trinajstić information content (AvgIpc) is 2.41. The van der Waals surface area contributed by atoms with Crippen LogP contribution in [-0.2, 0) is 0 Å². The number of hydrogen-bond donors (Lipinski definition) is 1. The van der Waals surface area contributed by atoms with Crippen LogP contribution in [0.2, 0.25) is 0 Å². The first-order chi connectivity index (χ1) is 7.17. The lowest BCUT2D eigenvalue weighted by Gasteiger charge is -2.21. The zero-order valence-electron chi connectivity index (χ0n) is 9.66. The molecule has 0 saturated carbocycles. The van der Waals surface area contributed by atoms with Gasteiger partial charge in [0, 0.05) is 18.4 Å². The number of nitrogens with zero attached hydrogens (tertiary/aromatic N) is 1. The number of pyridine rings is 1. The van der Waals surface area contributed by atoms with E-state index >= 15 is 0 Å². The van der Waals surface area contributed by atoms with Crippen LogP contribution in [0, 0.1) is 5.41 Å². The summed E-state index contributed by atoms with van der Waals surface area (Å²) in [5.74, 6) is 0. The van der Waals surface area contributed by atoms with E-state index in [-0.39, 0.29) is 0 Å². The third-order valence-electron chi connectivity index (χ3n) is 3.41. The Hall–Kier alpha value is -0.890. The molecule has 0 bridgehead atoms. The van der Waals surface area contributed by atoms with Gasteiger partial charge in [-0.2, -0.15) is 0 Å². The molecule has 1 aromatic heterocycles. The Morgan fingerprint density at radius 1 is 1.27 bits per heavy atom. The molecule has 0 aliphatic carbocycles. The molecular weight excluding hydrogens is 184 g/mol. The predicted octanol–water partition coefficient (Wildman–Crippen LogP) is 2.92. The zero-order chi connectivity index (χ0) is 10.7. The minimum Gasteiger partial charge on any atom is -0.310 e. The summed E-state index contributed by atoms with van der Waals surface area (Å²) in [6.45, 7) is 5.85. The molecular formula is C13H20N2. The van der Waals surface area contributed by atoms with Gasteiger partial charge in [0.25, 0.3) is 0 Å². The highest BCUT2D eigenvalue weighted by Crippen LogP contribution is 2.33. The molecule has 2 nitrogen and oxygen atoms in total. The van der Waals surface area contributed by atoms with Gasteiger partial charge in [0.1, 0.15) is 0 Å². The lowest BCUT2D eigenvalue weighted by atomic mass is 9.84. The number of rotatable bonds is 1. The minimum absolute atomic E-state index is 0.495. The lowest BCUT2D eigenvalue weighted by Crippen LogP contribution is -2.20. The Kier molecular flexibility index (Phi) is 3.06. The summed E-state index contributed by atoms with van der Waals surface area (Å²) in [5.41, 5.74) is 1.87. The van der Waals surface area contributed by atoms with Crippen molar-refractivity contribution in [2.75, 3.05) is 6.54 Å². The second-order valence-electron chi connectivity index (χ2n) is 5.24. The van der Waals surface area contributed by atoms with E-state index in [9.17, 15) is 0 Å². The highest BCUT2D eigenvalue weighted by molar-refractivity contribution is 5.15. The van der Waals surface area contributed by atoms with Gasteiger partial charge in [-0.1, -0.05) is 13.8 Å².